The highest BCUT2D eigenvalue weighted by Gasteiger charge is 2.20. The van der Waals surface area contributed by atoms with Crippen LogP contribution in [0.25, 0.3) is 0 Å². The second kappa shape index (κ2) is 8.56. The highest BCUT2D eigenvalue weighted by Crippen LogP contribution is 2.31. The Bertz CT molecular complexity index is 1320. The lowest BCUT2D eigenvalue weighted by Gasteiger charge is -2.15. The van der Waals surface area contributed by atoms with Gasteiger partial charge in [0.05, 0.1) is 28.3 Å². The summed E-state index contributed by atoms with van der Waals surface area (Å²) >= 11 is 0. The Hall–Kier alpha value is -3.11. The first-order chi connectivity index (χ1) is 14.5. The number of hydrogen-bond donors (Lipinski definition) is 2. The van der Waals surface area contributed by atoms with Crippen LogP contribution in [-0.2, 0) is 20.0 Å². The maximum Gasteiger partial charge on any atom is 0.262 e. The molecule has 3 aromatic carbocycles. The SMILES string of the molecule is COc1ccc(NS(=O)(=O)c2ccc(C)cc2C)cc1NS(=O)(=O)c1ccc(F)cc1. The Morgan fingerprint density at radius 3 is 2.10 bits per heavy atom. The van der Waals surface area contributed by atoms with Gasteiger partial charge in [0.25, 0.3) is 20.0 Å². The van der Waals surface area contributed by atoms with Crippen LogP contribution in [0.3, 0.4) is 0 Å². The average Bonchev–Trinajstić information content (AvgIpc) is 2.67. The molecule has 0 radical (unpaired) electrons. The quantitative estimate of drug-likeness (QED) is 0.549. The van der Waals surface area contributed by atoms with Crippen LogP contribution in [0, 0.1) is 19.7 Å². The van der Waals surface area contributed by atoms with Gasteiger partial charge in [-0.3, -0.25) is 9.44 Å². The van der Waals surface area contributed by atoms with E-state index in [1.165, 1.54) is 31.4 Å². The molecular weight excluding hydrogens is 443 g/mol. The number of methoxy groups -OCH3 is 1. The summed E-state index contributed by atoms with van der Waals surface area (Å²) in [6, 6.07) is 13.4. The molecule has 0 bridgehead atoms. The van der Waals surface area contributed by atoms with Crippen molar-refractivity contribution in [3.05, 3.63) is 77.6 Å². The van der Waals surface area contributed by atoms with Crippen LogP contribution in [0.5, 0.6) is 5.75 Å². The summed E-state index contributed by atoms with van der Waals surface area (Å²) in [6.07, 6.45) is 0. The van der Waals surface area contributed by atoms with Crippen LogP contribution in [0.2, 0.25) is 0 Å². The molecule has 31 heavy (non-hydrogen) atoms. The van der Waals surface area contributed by atoms with Gasteiger partial charge in [0.2, 0.25) is 0 Å². The summed E-state index contributed by atoms with van der Waals surface area (Å²) in [7, 11) is -6.62. The van der Waals surface area contributed by atoms with Gasteiger partial charge in [-0.05, 0) is 67.9 Å². The predicted octanol–water partition coefficient (Wildman–Crippen LogP) is 4.05. The molecule has 0 aromatic heterocycles. The fourth-order valence-electron chi connectivity index (χ4n) is 2.98. The molecule has 0 atom stereocenters. The van der Waals surface area contributed by atoms with Gasteiger partial charge in [0.15, 0.2) is 0 Å². The number of sulfonamides is 2. The number of hydrogen-bond acceptors (Lipinski definition) is 5. The van der Waals surface area contributed by atoms with Crippen molar-refractivity contribution in [2.75, 3.05) is 16.6 Å². The van der Waals surface area contributed by atoms with Crippen molar-refractivity contribution in [3.8, 4) is 5.75 Å². The van der Waals surface area contributed by atoms with E-state index in [0.717, 1.165) is 29.8 Å². The number of anilines is 2. The third kappa shape index (κ3) is 5.15. The Kier molecular flexibility index (Phi) is 6.23. The molecule has 0 spiro atoms. The highest BCUT2D eigenvalue weighted by molar-refractivity contribution is 7.93. The molecule has 2 N–H and O–H groups in total. The van der Waals surface area contributed by atoms with Gasteiger partial charge in [-0.25, -0.2) is 21.2 Å². The highest BCUT2D eigenvalue weighted by atomic mass is 32.2. The summed E-state index contributed by atoms with van der Waals surface area (Å²) in [6.45, 7) is 3.55. The molecule has 3 aromatic rings. The van der Waals surface area contributed by atoms with E-state index >= 15 is 0 Å². The molecule has 0 aliphatic carbocycles. The van der Waals surface area contributed by atoms with Gasteiger partial charge in [-0.2, -0.15) is 0 Å². The first-order valence-electron chi connectivity index (χ1n) is 9.08. The Morgan fingerprint density at radius 2 is 1.48 bits per heavy atom. The zero-order valence-electron chi connectivity index (χ0n) is 17.0. The number of aryl methyl sites for hydroxylation is 2. The summed E-state index contributed by atoms with van der Waals surface area (Å²) in [4.78, 5) is -0.0421. The smallest absolute Gasteiger partial charge is 0.262 e. The van der Waals surface area contributed by atoms with E-state index in [0.29, 0.717) is 5.56 Å². The Balaban J connectivity index is 1.94. The van der Waals surface area contributed by atoms with Crippen molar-refractivity contribution in [1.29, 1.82) is 0 Å². The lowest BCUT2D eigenvalue weighted by molar-refractivity contribution is 0.417. The van der Waals surface area contributed by atoms with Gasteiger partial charge in [-0.1, -0.05) is 17.7 Å². The minimum absolute atomic E-state index is 0.0210. The van der Waals surface area contributed by atoms with E-state index in [9.17, 15) is 21.2 Å². The second-order valence-corrected chi connectivity index (χ2v) is 10.2. The van der Waals surface area contributed by atoms with E-state index < -0.39 is 25.9 Å². The van der Waals surface area contributed by atoms with Gasteiger partial charge in [0, 0.05) is 0 Å². The van der Waals surface area contributed by atoms with Crippen molar-refractivity contribution in [1.82, 2.24) is 0 Å². The molecule has 164 valence electrons. The van der Waals surface area contributed by atoms with Gasteiger partial charge >= 0.3 is 0 Å². The van der Waals surface area contributed by atoms with Crippen LogP contribution in [-0.4, -0.2) is 23.9 Å². The van der Waals surface area contributed by atoms with Crippen molar-refractivity contribution in [2.45, 2.75) is 23.6 Å². The fourth-order valence-corrected chi connectivity index (χ4v) is 5.32. The lowest BCUT2D eigenvalue weighted by atomic mass is 10.2. The molecule has 0 heterocycles. The molecule has 7 nitrogen and oxygen atoms in total. The minimum Gasteiger partial charge on any atom is -0.495 e. The lowest BCUT2D eigenvalue weighted by Crippen LogP contribution is -2.16. The van der Waals surface area contributed by atoms with Crippen LogP contribution in [0.1, 0.15) is 11.1 Å². The van der Waals surface area contributed by atoms with Gasteiger partial charge in [0.1, 0.15) is 11.6 Å². The van der Waals surface area contributed by atoms with Crippen LogP contribution >= 0.6 is 0 Å². The van der Waals surface area contributed by atoms with E-state index in [1.54, 1.807) is 19.1 Å². The summed E-state index contributed by atoms with van der Waals surface area (Å²) in [5, 5.41) is 0. The van der Waals surface area contributed by atoms with E-state index in [4.69, 9.17) is 4.74 Å². The molecule has 0 saturated carbocycles. The molecule has 0 aliphatic rings. The number of nitrogens with one attached hydrogen (secondary N) is 2. The minimum atomic E-state index is -4.06. The maximum atomic E-state index is 13.1. The van der Waals surface area contributed by atoms with Gasteiger partial charge in [-0.15, -0.1) is 0 Å². The normalized spacial score (nSPS) is 11.7. The molecule has 0 fully saturated rings. The molecule has 0 saturated heterocycles. The zero-order valence-corrected chi connectivity index (χ0v) is 18.6. The summed E-state index contributed by atoms with van der Waals surface area (Å²) in [5.74, 6) is -0.389. The first kappa shape index (κ1) is 22.6. The monoisotopic (exact) mass is 464 g/mol. The third-order valence-corrected chi connectivity index (χ3v) is 7.36. The average molecular weight is 465 g/mol. The summed E-state index contributed by atoms with van der Waals surface area (Å²) in [5.41, 5.74) is 1.67. The molecular formula is C21H21FN2O5S2. The molecule has 10 heteroatoms. The molecule has 3 rings (SSSR count). The van der Waals surface area contributed by atoms with Crippen LogP contribution in [0.4, 0.5) is 15.8 Å². The van der Waals surface area contributed by atoms with E-state index in [-0.39, 0.29) is 26.9 Å². The van der Waals surface area contributed by atoms with Crippen LogP contribution < -0.4 is 14.2 Å². The van der Waals surface area contributed by atoms with Crippen LogP contribution in [0.15, 0.2) is 70.5 Å². The third-order valence-electron chi connectivity index (χ3n) is 4.44. The zero-order chi connectivity index (χ0) is 22.8. The van der Waals surface area contributed by atoms with Gasteiger partial charge < -0.3 is 4.74 Å². The topological polar surface area (TPSA) is 102 Å². The van der Waals surface area contributed by atoms with E-state index in [1.807, 2.05) is 6.92 Å². The number of halogens is 1. The van der Waals surface area contributed by atoms with Crippen molar-refractivity contribution >= 4 is 31.4 Å². The number of ether oxygens (including phenoxy) is 1. The van der Waals surface area contributed by atoms with E-state index in [2.05, 4.69) is 9.44 Å². The number of rotatable bonds is 7. The summed E-state index contributed by atoms with van der Waals surface area (Å²) < 4.78 is 74.0. The second-order valence-electron chi connectivity index (χ2n) is 6.85. The fraction of sp³-hybridized carbons (Fsp3) is 0.143. The maximum absolute atomic E-state index is 13.1. The Morgan fingerprint density at radius 1 is 0.806 bits per heavy atom. The molecule has 0 amide bonds. The van der Waals surface area contributed by atoms with Crippen molar-refractivity contribution in [2.24, 2.45) is 0 Å². The van der Waals surface area contributed by atoms with Crippen molar-refractivity contribution < 1.29 is 26.0 Å². The Labute approximate surface area is 181 Å². The molecule has 0 aliphatic heterocycles. The van der Waals surface area contributed by atoms with Crippen molar-refractivity contribution in [3.63, 3.8) is 0 Å². The standard InChI is InChI=1S/C21H21FN2O5S2/c1-14-4-11-21(15(2)12-14)31(27,28)23-17-7-10-20(29-3)19(13-17)24-30(25,26)18-8-5-16(22)6-9-18/h4-13,23-24H,1-3H3. The first-order valence-corrected chi connectivity index (χ1v) is 12.0. The number of benzene rings is 3. The molecule has 0 unspecified atom stereocenters. The predicted molar refractivity (Wildman–Crippen MR) is 117 cm³/mol. The largest absolute Gasteiger partial charge is 0.495 e.